The molecule has 0 radical (unpaired) electrons. The van der Waals surface area contributed by atoms with E-state index in [0.29, 0.717) is 36.0 Å². The number of nitrogens with one attached hydrogen (secondary N) is 1. The molecule has 0 bridgehead atoms. The minimum absolute atomic E-state index is 0.203. The molecule has 1 amide bonds. The quantitative estimate of drug-likeness (QED) is 0.699. The summed E-state index contributed by atoms with van der Waals surface area (Å²) in [6.07, 6.45) is 2.15. The van der Waals surface area contributed by atoms with E-state index in [2.05, 4.69) is 15.4 Å². The van der Waals surface area contributed by atoms with Crippen molar-refractivity contribution in [2.24, 2.45) is 5.92 Å². The molecular formula is C20H24N4O4. The van der Waals surface area contributed by atoms with Crippen LogP contribution in [0.5, 0.6) is 0 Å². The third-order valence-corrected chi connectivity index (χ3v) is 5.23. The summed E-state index contributed by atoms with van der Waals surface area (Å²) in [5, 5.41) is 6.69. The highest BCUT2D eigenvalue weighted by molar-refractivity contribution is 5.92. The van der Waals surface area contributed by atoms with E-state index < -0.39 is 0 Å². The molecule has 4 rings (SSSR count). The summed E-state index contributed by atoms with van der Waals surface area (Å²) < 4.78 is 11.9. The van der Waals surface area contributed by atoms with Gasteiger partial charge in [0.15, 0.2) is 11.3 Å². The van der Waals surface area contributed by atoms with Crippen LogP contribution in [-0.4, -0.2) is 46.7 Å². The van der Waals surface area contributed by atoms with Crippen molar-refractivity contribution in [3.8, 4) is 0 Å². The van der Waals surface area contributed by atoms with Crippen LogP contribution in [0.15, 0.2) is 44.1 Å². The highest BCUT2D eigenvalue weighted by Crippen LogP contribution is 2.17. The maximum absolute atomic E-state index is 12.1. The van der Waals surface area contributed by atoms with E-state index in [1.54, 1.807) is 17.6 Å². The number of rotatable bonds is 6. The molecule has 1 unspecified atom stereocenters. The summed E-state index contributed by atoms with van der Waals surface area (Å²) in [6.45, 7) is 5.62. The summed E-state index contributed by atoms with van der Waals surface area (Å²) in [5.74, 6) is 0.481. The lowest BCUT2D eigenvalue weighted by atomic mass is 9.98. The van der Waals surface area contributed by atoms with Crippen LogP contribution in [0.4, 0.5) is 0 Å². The summed E-state index contributed by atoms with van der Waals surface area (Å²) in [4.78, 5) is 26.6. The first kappa shape index (κ1) is 18.5. The second kappa shape index (κ2) is 8.02. The number of benzene rings is 1. The van der Waals surface area contributed by atoms with Gasteiger partial charge in [0.25, 0.3) is 5.91 Å². The van der Waals surface area contributed by atoms with Gasteiger partial charge in [0, 0.05) is 32.2 Å². The number of oxazole rings is 1. The number of amides is 1. The molecule has 1 aliphatic heterocycles. The SMILES string of the molecule is Cc1cc(C(=O)NCC2CCCN(CCn3c(=O)oc4ccccc43)C2)no1. The van der Waals surface area contributed by atoms with Gasteiger partial charge in [-0.25, -0.2) is 4.79 Å². The lowest BCUT2D eigenvalue weighted by Crippen LogP contribution is -2.42. The first-order valence-electron chi connectivity index (χ1n) is 9.62. The van der Waals surface area contributed by atoms with Crippen LogP contribution in [0, 0.1) is 12.8 Å². The molecule has 1 aliphatic rings. The number of aryl methyl sites for hydroxylation is 1. The Balaban J connectivity index is 1.31. The normalized spacial score (nSPS) is 17.8. The number of piperidine rings is 1. The molecule has 1 aromatic carbocycles. The van der Waals surface area contributed by atoms with Crippen molar-refractivity contribution in [1.82, 2.24) is 19.9 Å². The molecule has 2 aromatic heterocycles. The van der Waals surface area contributed by atoms with Crippen molar-refractivity contribution in [1.29, 1.82) is 0 Å². The fraction of sp³-hybridized carbons (Fsp3) is 0.450. The zero-order valence-corrected chi connectivity index (χ0v) is 15.9. The molecule has 8 nitrogen and oxygen atoms in total. The van der Waals surface area contributed by atoms with E-state index in [1.165, 1.54) is 0 Å². The summed E-state index contributed by atoms with van der Waals surface area (Å²) in [5.41, 5.74) is 1.77. The van der Waals surface area contributed by atoms with Gasteiger partial charge >= 0.3 is 5.76 Å². The molecule has 3 aromatic rings. The lowest BCUT2D eigenvalue weighted by molar-refractivity contribution is 0.0922. The van der Waals surface area contributed by atoms with E-state index in [-0.39, 0.29) is 11.7 Å². The second-order valence-electron chi connectivity index (χ2n) is 7.33. The van der Waals surface area contributed by atoms with Crippen molar-refractivity contribution in [3.63, 3.8) is 0 Å². The van der Waals surface area contributed by atoms with E-state index >= 15 is 0 Å². The Morgan fingerprint density at radius 2 is 2.18 bits per heavy atom. The highest BCUT2D eigenvalue weighted by atomic mass is 16.5. The summed E-state index contributed by atoms with van der Waals surface area (Å²) in [6, 6.07) is 9.11. The van der Waals surface area contributed by atoms with Crippen LogP contribution in [0.2, 0.25) is 0 Å². The maximum Gasteiger partial charge on any atom is 0.419 e. The Kier molecular flexibility index (Phi) is 5.29. The van der Waals surface area contributed by atoms with Gasteiger partial charge in [-0.15, -0.1) is 0 Å². The van der Waals surface area contributed by atoms with Crippen molar-refractivity contribution >= 4 is 17.0 Å². The van der Waals surface area contributed by atoms with Crippen molar-refractivity contribution in [2.75, 3.05) is 26.2 Å². The largest absolute Gasteiger partial charge is 0.419 e. The van der Waals surface area contributed by atoms with E-state index in [1.807, 2.05) is 24.3 Å². The highest BCUT2D eigenvalue weighted by Gasteiger charge is 2.21. The van der Waals surface area contributed by atoms with Crippen molar-refractivity contribution in [3.05, 3.63) is 52.3 Å². The zero-order chi connectivity index (χ0) is 19.5. The summed E-state index contributed by atoms with van der Waals surface area (Å²) in [7, 11) is 0. The molecule has 1 atom stereocenters. The van der Waals surface area contributed by atoms with E-state index in [4.69, 9.17) is 8.94 Å². The van der Waals surface area contributed by atoms with E-state index in [0.717, 1.165) is 38.0 Å². The fourth-order valence-electron chi connectivity index (χ4n) is 3.79. The van der Waals surface area contributed by atoms with Gasteiger partial charge in [-0.05, 0) is 44.4 Å². The maximum atomic E-state index is 12.1. The van der Waals surface area contributed by atoms with Crippen molar-refractivity contribution in [2.45, 2.75) is 26.3 Å². The number of hydrogen-bond donors (Lipinski definition) is 1. The van der Waals surface area contributed by atoms with Gasteiger partial charge in [-0.3, -0.25) is 9.36 Å². The van der Waals surface area contributed by atoms with Crippen LogP contribution >= 0.6 is 0 Å². The smallest absolute Gasteiger partial charge is 0.408 e. The van der Waals surface area contributed by atoms with Gasteiger partial charge in [0.1, 0.15) is 5.76 Å². The first-order chi connectivity index (χ1) is 13.6. The van der Waals surface area contributed by atoms with Gasteiger partial charge in [-0.1, -0.05) is 17.3 Å². The number of aromatic nitrogens is 2. The number of nitrogens with zero attached hydrogens (tertiary/aromatic N) is 3. The van der Waals surface area contributed by atoms with Gasteiger partial charge in [-0.2, -0.15) is 0 Å². The average Bonchev–Trinajstić information content (AvgIpc) is 3.27. The predicted molar refractivity (Wildman–Crippen MR) is 103 cm³/mol. The lowest BCUT2D eigenvalue weighted by Gasteiger charge is -2.32. The number of likely N-dealkylation sites (tertiary alicyclic amines) is 1. The second-order valence-corrected chi connectivity index (χ2v) is 7.33. The molecule has 1 saturated heterocycles. The molecule has 0 aliphatic carbocycles. The van der Waals surface area contributed by atoms with Crippen LogP contribution in [0.25, 0.3) is 11.1 Å². The number of carbonyl (C=O) groups excluding carboxylic acids is 1. The molecule has 0 saturated carbocycles. The first-order valence-corrected chi connectivity index (χ1v) is 9.62. The molecule has 1 fully saturated rings. The van der Waals surface area contributed by atoms with Gasteiger partial charge in [0.05, 0.1) is 5.52 Å². The molecule has 28 heavy (non-hydrogen) atoms. The minimum Gasteiger partial charge on any atom is -0.408 e. The van der Waals surface area contributed by atoms with Crippen LogP contribution < -0.4 is 11.1 Å². The number of hydrogen-bond acceptors (Lipinski definition) is 6. The topological polar surface area (TPSA) is 93.5 Å². The fourth-order valence-corrected chi connectivity index (χ4v) is 3.79. The molecule has 1 N–H and O–H groups in total. The molecule has 3 heterocycles. The molecule has 8 heteroatoms. The minimum atomic E-state index is -0.315. The third kappa shape index (κ3) is 4.01. The molecule has 148 valence electrons. The van der Waals surface area contributed by atoms with Crippen molar-refractivity contribution < 1.29 is 13.7 Å². The Morgan fingerprint density at radius 3 is 3.00 bits per heavy atom. The van der Waals surface area contributed by atoms with Crippen LogP contribution in [0.1, 0.15) is 29.1 Å². The number of carbonyl (C=O) groups is 1. The Bertz CT molecular complexity index is 1020. The van der Waals surface area contributed by atoms with Gasteiger partial charge < -0.3 is 19.2 Å². The summed E-state index contributed by atoms with van der Waals surface area (Å²) >= 11 is 0. The Morgan fingerprint density at radius 1 is 1.32 bits per heavy atom. The molecule has 0 spiro atoms. The Labute approximate surface area is 162 Å². The number of para-hydroxylation sites is 2. The number of fused-ring (bicyclic) bond motifs is 1. The Hall–Kier alpha value is -2.87. The van der Waals surface area contributed by atoms with E-state index in [9.17, 15) is 9.59 Å². The van der Waals surface area contributed by atoms with Crippen LogP contribution in [0.3, 0.4) is 0 Å². The molecular weight excluding hydrogens is 360 g/mol. The predicted octanol–water partition coefficient (Wildman–Crippen LogP) is 2.03. The third-order valence-electron chi connectivity index (χ3n) is 5.23. The monoisotopic (exact) mass is 384 g/mol. The average molecular weight is 384 g/mol. The van der Waals surface area contributed by atoms with Crippen LogP contribution in [-0.2, 0) is 6.54 Å². The standard InChI is InChI=1S/C20H24N4O4/c1-14-11-16(22-28-14)19(25)21-12-15-5-4-8-23(13-15)9-10-24-17-6-2-3-7-18(17)27-20(24)26/h2-3,6-7,11,15H,4-5,8-10,12-13H2,1H3,(H,21,25). The zero-order valence-electron chi connectivity index (χ0n) is 15.9. The van der Waals surface area contributed by atoms with Gasteiger partial charge in [0.2, 0.25) is 0 Å².